The third-order valence-corrected chi connectivity index (χ3v) is 0. The van der Waals surface area contributed by atoms with Crippen LogP contribution in [0.5, 0.6) is 0 Å². The monoisotopic (exact) mass is 1470 g/mol. The first-order valence-electron chi connectivity index (χ1n) is 0. The van der Waals surface area contributed by atoms with E-state index in [0.717, 1.165) is 0 Å². The zero-order valence-electron chi connectivity index (χ0n) is 25.3. The quantitative estimate of drug-likeness (QED) is 0.212. The summed E-state index contributed by atoms with van der Waals surface area (Å²) in [5, 5.41) is 0. The van der Waals surface area contributed by atoms with E-state index in [2.05, 4.69) is 0 Å². The topological polar surface area (TPSA) is 0 Å². The molecule has 37 heteroatoms. The zero-order valence-corrected chi connectivity index (χ0v) is 103. The molecule has 0 radical (unpaired) electrons. The summed E-state index contributed by atoms with van der Waals surface area (Å²) < 4.78 is 0. The van der Waals surface area contributed by atoms with Gasteiger partial charge in [0.1, 0.15) is 0 Å². The first kappa shape index (κ1) is 268. The Bertz CT molecular complexity index is 15.0. The van der Waals surface area contributed by atoms with Crippen molar-refractivity contribution in [2.75, 3.05) is 0 Å². The van der Waals surface area contributed by atoms with Gasteiger partial charge in [-0.3, -0.25) is 0 Å². The van der Waals surface area contributed by atoms with Gasteiger partial charge in [0.2, 0.25) is 0 Å². The molecule has 37 heavy (non-hydrogen) atoms. The van der Waals surface area contributed by atoms with Gasteiger partial charge in [0.25, 0.3) is 0 Å². The average molecular weight is 1470 g/mol. The van der Waals surface area contributed by atoms with Crippen molar-refractivity contribution in [2.45, 2.75) is 0 Å². The van der Waals surface area contributed by atoms with Crippen LogP contribution >= 0.6 is 37.2 Å². The standard InChI is InChI=1S/34Ca.3ClH/h;;;;;;;;;;;;;;;;;;;;;;;;;;;;;;;;;;3*1H/q34*+2;;;. The number of hydrogen-bond acceptors (Lipinski definition) is 0. The molecule has 0 aliphatic rings. The minimum Gasteiger partial charge on any atom is -0.147 e. The summed E-state index contributed by atoms with van der Waals surface area (Å²) in [5.74, 6) is 0. The molecule has 0 aromatic rings. The van der Waals surface area contributed by atoms with E-state index in [9.17, 15) is 0 Å². The minimum atomic E-state index is 0. The van der Waals surface area contributed by atoms with Crippen LogP contribution in [0.2, 0.25) is 0 Å². The van der Waals surface area contributed by atoms with E-state index in [1.54, 1.807) is 0 Å². The summed E-state index contributed by atoms with van der Waals surface area (Å²) in [4.78, 5) is 0. The Balaban J connectivity index is 0. The first-order valence-corrected chi connectivity index (χ1v) is 0. The molecule has 0 aliphatic carbocycles. The van der Waals surface area contributed by atoms with Crippen LogP contribution in [-0.2, 0) is 0 Å². The molecule has 0 fully saturated rings. The maximum atomic E-state index is 0. The van der Waals surface area contributed by atoms with Gasteiger partial charge in [0.15, 0.2) is 0 Å². The van der Waals surface area contributed by atoms with Crippen LogP contribution < -0.4 is 0 Å². The maximum absolute atomic E-state index is 0. The third kappa shape index (κ3) is 252. The van der Waals surface area contributed by atoms with Gasteiger partial charge in [-0.25, -0.2) is 0 Å². The van der Waals surface area contributed by atoms with Crippen molar-refractivity contribution >= 4 is 1320 Å². The van der Waals surface area contributed by atoms with E-state index >= 15 is 0 Å². The normalized spacial score (nSPS) is 0. The van der Waals surface area contributed by atoms with Gasteiger partial charge < -0.3 is 0 Å². The molecule has 0 N–H and O–H groups in total. The van der Waals surface area contributed by atoms with Crippen LogP contribution in [0.4, 0.5) is 0 Å². The first-order chi connectivity index (χ1) is 0. The second-order valence-electron chi connectivity index (χ2n) is 0. The number of halogens is 3. The van der Waals surface area contributed by atoms with E-state index in [1.165, 1.54) is 0 Å². The summed E-state index contributed by atoms with van der Waals surface area (Å²) in [6.07, 6.45) is 0. The van der Waals surface area contributed by atoms with E-state index in [-0.39, 0.29) is 1320 Å². The maximum Gasteiger partial charge on any atom is 2.00 e. The van der Waals surface area contributed by atoms with Crippen molar-refractivity contribution in [2.24, 2.45) is 0 Å². The van der Waals surface area contributed by atoms with Crippen molar-refractivity contribution in [1.82, 2.24) is 0 Å². The third-order valence-electron chi connectivity index (χ3n) is 0. The molecule has 24 valence electrons. The Morgan fingerprint density at radius 1 is 0.0541 bits per heavy atom. The SMILES string of the molecule is Cl.Cl.Cl.[Ca+2].[Ca+2].[Ca+2].[Ca+2].[Ca+2].[Ca+2].[Ca+2].[Ca+2].[Ca+2].[Ca+2].[Ca+2].[Ca+2].[Ca+2].[Ca+2].[Ca+2].[Ca+2].[Ca+2].[Ca+2].[Ca+2].[Ca+2].[Ca+2].[Ca+2].[Ca+2].[Ca+2].[Ca+2].[Ca+2].[Ca+2].[Ca+2].[Ca+2].[Ca+2].[Ca+2].[Ca+2].[Ca+2].[Ca+2]. The number of rotatable bonds is 0. The minimum absolute atomic E-state index is 0. The van der Waals surface area contributed by atoms with Gasteiger partial charge in [-0.2, -0.15) is 0 Å². The molecule has 0 bridgehead atoms. The second-order valence-corrected chi connectivity index (χ2v) is 0. The van der Waals surface area contributed by atoms with E-state index in [0.29, 0.717) is 0 Å². The van der Waals surface area contributed by atoms with E-state index < -0.39 is 0 Å². The van der Waals surface area contributed by atoms with Crippen molar-refractivity contribution in [3.05, 3.63) is 0 Å². The fraction of sp³-hybridized carbons (Fsp3) is 0. The molecule has 0 rings (SSSR count). The summed E-state index contributed by atoms with van der Waals surface area (Å²) in [6, 6.07) is 0. The van der Waals surface area contributed by atoms with Gasteiger partial charge in [-0.05, 0) is 0 Å². The number of hydrogen-bond donors (Lipinski definition) is 0. The molecular formula is H3Ca34Cl3+68. The summed E-state index contributed by atoms with van der Waals surface area (Å²) in [5.41, 5.74) is 0. The Labute approximate surface area is 1270 Å². The van der Waals surface area contributed by atoms with Crippen molar-refractivity contribution in [1.29, 1.82) is 0 Å². The molecule has 0 unspecified atom stereocenters. The van der Waals surface area contributed by atoms with Crippen molar-refractivity contribution in [3.8, 4) is 0 Å². The summed E-state index contributed by atoms with van der Waals surface area (Å²) in [7, 11) is 0. The summed E-state index contributed by atoms with van der Waals surface area (Å²) in [6.45, 7) is 0. The Morgan fingerprint density at radius 2 is 0.0541 bits per heavy atom. The van der Waals surface area contributed by atoms with Gasteiger partial charge in [-0.1, -0.05) is 0 Å². The molecule has 0 nitrogen and oxygen atoms in total. The molecule has 0 aromatic carbocycles. The van der Waals surface area contributed by atoms with Gasteiger partial charge in [-0.15, -0.1) is 37.2 Å². The molecule has 0 amide bonds. The van der Waals surface area contributed by atoms with Crippen LogP contribution in [0, 0.1) is 0 Å². The molecule has 0 spiro atoms. The van der Waals surface area contributed by atoms with Crippen molar-refractivity contribution in [3.63, 3.8) is 0 Å². The smallest absolute Gasteiger partial charge is 0.147 e. The predicted octanol–water partition coefficient (Wildman–Crippen LogP) is -11.7. The summed E-state index contributed by atoms with van der Waals surface area (Å²) >= 11 is 0. The van der Waals surface area contributed by atoms with Crippen LogP contribution in [0.3, 0.4) is 0 Å². The molecule has 0 aliphatic heterocycles. The van der Waals surface area contributed by atoms with E-state index in [1.807, 2.05) is 0 Å². The molecule has 0 aromatic heterocycles. The van der Waals surface area contributed by atoms with Gasteiger partial charge >= 0.3 is 1280 Å². The average Bonchev–Trinajstić information content (AvgIpc) is 0. The Kier molecular flexibility index (Phi) is 1880. The fourth-order valence-electron chi connectivity index (χ4n) is 0. The fourth-order valence-corrected chi connectivity index (χ4v) is 0. The Morgan fingerprint density at radius 3 is 0.0541 bits per heavy atom. The van der Waals surface area contributed by atoms with Gasteiger partial charge in [0, 0.05) is 0 Å². The van der Waals surface area contributed by atoms with E-state index in [4.69, 9.17) is 0 Å². The largest absolute Gasteiger partial charge is 2.00 e. The molecule has 0 heterocycles. The molecule has 0 saturated heterocycles. The van der Waals surface area contributed by atoms with Crippen LogP contribution in [0.15, 0.2) is 0 Å². The second kappa shape index (κ2) is 258. The van der Waals surface area contributed by atoms with Crippen LogP contribution in [0.1, 0.15) is 0 Å². The molecule has 0 atom stereocenters. The van der Waals surface area contributed by atoms with Crippen LogP contribution in [0.25, 0.3) is 0 Å². The molecule has 0 saturated carbocycles. The van der Waals surface area contributed by atoms with Crippen molar-refractivity contribution < 1.29 is 0 Å². The zero-order chi connectivity index (χ0) is 0. The Hall–Kier alpha value is 43.7. The predicted molar refractivity (Wildman–Crippen MR) is 217 cm³/mol. The van der Waals surface area contributed by atoms with Crippen LogP contribution in [-0.4, -0.2) is 1280 Å². The molecular weight excluding hydrogens is 1470 g/mol. The van der Waals surface area contributed by atoms with Gasteiger partial charge in [0.05, 0.1) is 0 Å².